The maximum absolute atomic E-state index is 11.4. The van der Waals surface area contributed by atoms with Crippen LogP contribution in [0, 0.1) is 0 Å². The molecular weight excluding hydrogens is 244 g/mol. The van der Waals surface area contributed by atoms with Gasteiger partial charge in [-0.3, -0.25) is 4.68 Å². The smallest absolute Gasteiger partial charge is 0.326 e. The summed E-state index contributed by atoms with van der Waals surface area (Å²) in [5.41, 5.74) is 0.892. The highest BCUT2D eigenvalue weighted by atomic mass is 16.4. The van der Waals surface area contributed by atoms with Crippen LogP contribution in [0.5, 0.6) is 0 Å². The minimum absolute atomic E-state index is 0.215. The fraction of sp³-hybridized carbons (Fsp3) is 0.692. The van der Waals surface area contributed by atoms with Gasteiger partial charge in [-0.2, -0.15) is 5.10 Å². The maximum Gasteiger partial charge on any atom is 0.326 e. The number of carbonyl (C=O) groups is 1. The van der Waals surface area contributed by atoms with Crippen molar-refractivity contribution in [1.29, 1.82) is 0 Å². The molecule has 2 N–H and O–H groups in total. The first-order valence-electron chi connectivity index (χ1n) is 6.72. The number of nitrogens with zero attached hydrogens (tertiary/aromatic N) is 3. The number of aryl methyl sites for hydroxylation is 1. The average Bonchev–Trinajstić information content (AvgIpc) is 2.91. The molecule has 0 aromatic carbocycles. The van der Waals surface area contributed by atoms with E-state index in [2.05, 4.69) is 24.3 Å². The van der Waals surface area contributed by atoms with Crippen LogP contribution >= 0.6 is 0 Å². The third-order valence-electron chi connectivity index (χ3n) is 3.54. The summed E-state index contributed by atoms with van der Waals surface area (Å²) in [4.78, 5) is 13.4. The number of rotatable bonds is 5. The molecule has 6 nitrogen and oxygen atoms in total. The number of hydrogen-bond donors (Lipinski definition) is 2. The molecule has 2 atom stereocenters. The lowest BCUT2D eigenvalue weighted by Gasteiger charge is -2.29. The SMILES string of the molecule is CC(C)NCC1CCC(C(=O)O)N1c1cnn(C)c1. The molecular formula is C13H22N4O2. The monoisotopic (exact) mass is 266 g/mol. The first-order valence-corrected chi connectivity index (χ1v) is 6.72. The van der Waals surface area contributed by atoms with Crippen molar-refractivity contribution in [2.45, 2.75) is 44.8 Å². The zero-order valence-corrected chi connectivity index (χ0v) is 11.7. The highest BCUT2D eigenvalue weighted by molar-refractivity contribution is 5.79. The minimum Gasteiger partial charge on any atom is -0.480 e. The van der Waals surface area contributed by atoms with Gasteiger partial charge in [0.25, 0.3) is 0 Å². The van der Waals surface area contributed by atoms with Gasteiger partial charge in [0.2, 0.25) is 0 Å². The second kappa shape index (κ2) is 5.61. The second-order valence-electron chi connectivity index (χ2n) is 5.43. The van der Waals surface area contributed by atoms with Gasteiger partial charge >= 0.3 is 5.97 Å². The fourth-order valence-corrected chi connectivity index (χ4v) is 2.63. The zero-order chi connectivity index (χ0) is 14.0. The molecule has 2 rings (SSSR count). The quantitative estimate of drug-likeness (QED) is 0.826. The van der Waals surface area contributed by atoms with Crippen LogP contribution in [0.15, 0.2) is 12.4 Å². The Morgan fingerprint density at radius 1 is 1.58 bits per heavy atom. The van der Waals surface area contributed by atoms with Crippen LogP contribution in [0.1, 0.15) is 26.7 Å². The molecule has 1 fully saturated rings. The summed E-state index contributed by atoms with van der Waals surface area (Å²) in [5, 5.41) is 16.9. The normalized spacial score (nSPS) is 23.3. The van der Waals surface area contributed by atoms with Gasteiger partial charge in [-0.1, -0.05) is 13.8 Å². The van der Waals surface area contributed by atoms with E-state index in [1.54, 1.807) is 10.9 Å². The molecule has 2 heterocycles. The molecule has 6 heteroatoms. The number of aromatic nitrogens is 2. The van der Waals surface area contributed by atoms with Crippen molar-refractivity contribution >= 4 is 11.7 Å². The van der Waals surface area contributed by atoms with Crippen LogP contribution in [0.2, 0.25) is 0 Å². The molecule has 1 aliphatic heterocycles. The van der Waals surface area contributed by atoms with E-state index in [1.807, 2.05) is 18.1 Å². The summed E-state index contributed by atoms with van der Waals surface area (Å²) in [7, 11) is 1.84. The lowest BCUT2D eigenvalue weighted by atomic mass is 10.2. The van der Waals surface area contributed by atoms with E-state index in [1.165, 1.54) is 0 Å². The van der Waals surface area contributed by atoms with Crippen molar-refractivity contribution < 1.29 is 9.90 Å². The minimum atomic E-state index is -0.754. The average molecular weight is 266 g/mol. The molecule has 0 saturated carbocycles. The van der Waals surface area contributed by atoms with Crippen molar-refractivity contribution in [3.8, 4) is 0 Å². The van der Waals surface area contributed by atoms with Crippen LogP contribution in [0.3, 0.4) is 0 Å². The molecule has 0 amide bonds. The molecule has 19 heavy (non-hydrogen) atoms. The first-order chi connectivity index (χ1) is 8.99. The third kappa shape index (κ3) is 3.07. The Bertz CT molecular complexity index is 444. The lowest BCUT2D eigenvalue weighted by molar-refractivity contribution is -0.138. The van der Waals surface area contributed by atoms with Crippen molar-refractivity contribution in [3.05, 3.63) is 12.4 Å². The van der Waals surface area contributed by atoms with Gasteiger partial charge in [0.1, 0.15) is 6.04 Å². The molecule has 1 aliphatic rings. The predicted octanol–water partition coefficient (Wildman–Crippen LogP) is 0.840. The Kier molecular flexibility index (Phi) is 4.09. The molecule has 0 radical (unpaired) electrons. The van der Waals surface area contributed by atoms with Crippen LogP contribution in [0.25, 0.3) is 0 Å². The molecule has 1 aromatic heterocycles. The van der Waals surface area contributed by atoms with E-state index < -0.39 is 12.0 Å². The van der Waals surface area contributed by atoms with E-state index in [4.69, 9.17) is 0 Å². The highest BCUT2D eigenvalue weighted by Gasteiger charge is 2.38. The molecule has 1 saturated heterocycles. The summed E-state index contributed by atoms with van der Waals surface area (Å²) in [6.45, 7) is 4.99. The second-order valence-corrected chi connectivity index (χ2v) is 5.43. The van der Waals surface area contributed by atoms with E-state index in [-0.39, 0.29) is 6.04 Å². The fourth-order valence-electron chi connectivity index (χ4n) is 2.63. The van der Waals surface area contributed by atoms with Gasteiger partial charge in [-0.15, -0.1) is 0 Å². The van der Waals surface area contributed by atoms with Crippen molar-refractivity contribution in [1.82, 2.24) is 15.1 Å². The van der Waals surface area contributed by atoms with Crippen molar-refractivity contribution in [2.24, 2.45) is 7.05 Å². The largest absolute Gasteiger partial charge is 0.480 e. The van der Waals surface area contributed by atoms with E-state index in [0.717, 1.165) is 18.7 Å². The van der Waals surface area contributed by atoms with Gasteiger partial charge in [0, 0.05) is 31.9 Å². The number of carboxylic acids is 1. The highest BCUT2D eigenvalue weighted by Crippen LogP contribution is 2.30. The Labute approximate surface area is 113 Å². The maximum atomic E-state index is 11.4. The number of aliphatic carboxylic acids is 1. The summed E-state index contributed by atoms with van der Waals surface area (Å²) >= 11 is 0. The number of hydrogen-bond acceptors (Lipinski definition) is 4. The van der Waals surface area contributed by atoms with Gasteiger partial charge < -0.3 is 15.3 Å². The summed E-state index contributed by atoms with van der Waals surface area (Å²) in [6, 6.07) is 0.176. The van der Waals surface area contributed by atoms with Crippen LogP contribution < -0.4 is 10.2 Å². The van der Waals surface area contributed by atoms with Crippen LogP contribution in [-0.4, -0.2) is 45.5 Å². The summed E-state index contributed by atoms with van der Waals surface area (Å²) in [5.74, 6) is -0.754. The molecule has 2 unspecified atom stereocenters. The van der Waals surface area contributed by atoms with E-state index in [9.17, 15) is 9.90 Å². The Balaban J connectivity index is 2.17. The number of carboxylic acid groups (broad SMARTS) is 1. The first kappa shape index (κ1) is 13.9. The Morgan fingerprint density at radius 2 is 2.32 bits per heavy atom. The van der Waals surface area contributed by atoms with Gasteiger partial charge in [0.05, 0.1) is 11.9 Å². The standard InChI is InChI=1S/C13H22N4O2/c1-9(2)14-6-10-4-5-12(13(18)19)17(10)11-7-15-16(3)8-11/h7-10,12,14H,4-6H2,1-3H3,(H,18,19). The molecule has 0 aliphatic carbocycles. The topological polar surface area (TPSA) is 70.4 Å². The molecule has 0 bridgehead atoms. The van der Waals surface area contributed by atoms with Gasteiger partial charge in [-0.25, -0.2) is 4.79 Å². The Morgan fingerprint density at radius 3 is 2.84 bits per heavy atom. The van der Waals surface area contributed by atoms with E-state index in [0.29, 0.717) is 12.5 Å². The molecule has 0 spiro atoms. The number of nitrogens with one attached hydrogen (secondary N) is 1. The predicted molar refractivity (Wildman–Crippen MR) is 73.3 cm³/mol. The van der Waals surface area contributed by atoms with Crippen LogP contribution in [-0.2, 0) is 11.8 Å². The van der Waals surface area contributed by atoms with Gasteiger partial charge in [-0.05, 0) is 12.8 Å². The summed E-state index contributed by atoms with van der Waals surface area (Å²) in [6.07, 6.45) is 5.20. The zero-order valence-electron chi connectivity index (χ0n) is 11.7. The molecule has 106 valence electrons. The van der Waals surface area contributed by atoms with Crippen molar-refractivity contribution in [3.63, 3.8) is 0 Å². The molecule has 1 aromatic rings. The lowest BCUT2D eigenvalue weighted by Crippen LogP contribution is -2.46. The van der Waals surface area contributed by atoms with E-state index >= 15 is 0 Å². The van der Waals surface area contributed by atoms with Crippen LogP contribution in [0.4, 0.5) is 5.69 Å². The van der Waals surface area contributed by atoms with Gasteiger partial charge in [0.15, 0.2) is 0 Å². The summed E-state index contributed by atoms with van der Waals surface area (Å²) < 4.78 is 1.71. The van der Waals surface area contributed by atoms with Crippen molar-refractivity contribution in [2.75, 3.05) is 11.4 Å². The third-order valence-corrected chi connectivity index (χ3v) is 3.54. The number of anilines is 1. The Hall–Kier alpha value is -1.56.